The lowest BCUT2D eigenvalue weighted by Gasteiger charge is -2.31. The third-order valence-corrected chi connectivity index (χ3v) is 6.03. The number of carbonyl (C=O) groups excluding carboxylic acids is 1. The van der Waals surface area contributed by atoms with Gasteiger partial charge in [0, 0.05) is 24.4 Å². The van der Waals surface area contributed by atoms with Gasteiger partial charge in [-0.3, -0.25) is 4.79 Å². The number of aryl methyl sites for hydroxylation is 2. The Kier molecular flexibility index (Phi) is 5.20. The number of carbonyl (C=O) groups is 1. The highest BCUT2D eigenvalue weighted by molar-refractivity contribution is 7.99. The van der Waals surface area contributed by atoms with E-state index in [1.165, 1.54) is 0 Å². The van der Waals surface area contributed by atoms with Gasteiger partial charge < -0.3 is 13.8 Å². The van der Waals surface area contributed by atoms with Crippen LogP contribution in [0.1, 0.15) is 41.7 Å². The van der Waals surface area contributed by atoms with Gasteiger partial charge in [-0.2, -0.15) is 0 Å². The van der Waals surface area contributed by atoms with Crippen molar-refractivity contribution in [1.82, 2.24) is 15.0 Å². The van der Waals surface area contributed by atoms with Crippen molar-refractivity contribution in [1.29, 1.82) is 0 Å². The molecule has 6 nitrogen and oxygen atoms in total. The first-order valence-electron chi connectivity index (χ1n) is 9.24. The molecule has 1 aliphatic heterocycles. The predicted octanol–water partition coefficient (Wildman–Crippen LogP) is 4.07. The monoisotopic (exact) mass is 385 g/mol. The number of hydrogen-bond acceptors (Lipinski definition) is 6. The van der Waals surface area contributed by atoms with Crippen LogP contribution in [-0.2, 0) is 10.5 Å². The standard InChI is InChI=1S/C20H23N3O3S/c1-13-16(14(2)26-22-13)11-27-12-19(24)23-9-5-6-15(10-23)20-21-17-7-3-4-8-18(17)25-20/h3-4,7-8,15H,5-6,9-12H2,1-2H3. The number of thioether (sulfide) groups is 1. The normalized spacial score (nSPS) is 17.6. The number of fused-ring (bicyclic) bond motifs is 1. The maximum atomic E-state index is 12.7. The second kappa shape index (κ2) is 7.76. The molecule has 7 heteroatoms. The minimum Gasteiger partial charge on any atom is -0.440 e. The van der Waals surface area contributed by atoms with E-state index in [0.29, 0.717) is 12.3 Å². The summed E-state index contributed by atoms with van der Waals surface area (Å²) in [7, 11) is 0. The first kappa shape index (κ1) is 18.1. The molecule has 1 amide bonds. The maximum Gasteiger partial charge on any atom is 0.232 e. The van der Waals surface area contributed by atoms with Crippen LogP contribution in [0, 0.1) is 13.8 Å². The van der Waals surface area contributed by atoms with Gasteiger partial charge in [-0.05, 0) is 38.8 Å². The molecule has 0 aliphatic carbocycles. The Labute approximate surface area is 162 Å². The SMILES string of the molecule is Cc1noc(C)c1CSCC(=O)N1CCCC(c2nc3ccccc3o2)C1. The van der Waals surface area contributed by atoms with E-state index < -0.39 is 0 Å². The Hall–Kier alpha value is -2.28. The molecule has 1 aromatic carbocycles. The molecule has 3 heterocycles. The zero-order valence-electron chi connectivity index (χ0n) is 15.6. The number of amides is 1. The van der Waals surface area contributed by atoms with Crippen molar-refractivity contribution in [3.8, 4) is 0 Å². The lowest BCUT2D eigenvalue weighted by Crippen LogP contribution is -2.40. The van der Waals surface area contributed by atoms with Gasteiger partial charge in [-0.15, -0.1) is 11.8 Å². The van der Waals surface area contributed by atoms with Gasteiger partial charge in [0.2, 0.25) is 5.91 Å². The van der Waals surface area contributed by atoms with Crippen LogP contribution in [0.15, 0.2) is 33.2 Å². The molecule has 1 fully saturated rings. The predicted molar refractivity (Wildman–Crippen MR) is 105 cm³/mol. The highest BCUT2D eigenvalue weighted by atomic mass is 32.2. The third-order valence-electron chi connectivity index (χ3n) is 5.09. The highest BCUT2D eigenvalue weighted by Gasteiger charge is 2.28. The number of oxazole rings is 1. The van der Waals surface area contributed by atoms with Crippen LogP contribution < -0.4 is 0 Å². The van der Waals surface area contributed by atoms with Crippen molar-refractivity contribution in [2.75, 3.05) is 18.8 Å². The Morgan fingerprint density at radius 2 is 2.19 bits per heavy atom. The highest BCUT2D eigenvalue weighted by Crippen LogP contribution is 2.29. The number of benzene rings is 1. The Balaban J connectivity index is 1.35. The summed E-state index contributed by atoms with van der Waals surface area (Å²) in [5.41, 5.74) is 3.69. The van der Waals surface area contributed by atoms with E-state index in [1.54, 1.807) is 11.8 Å². The first-order chi connectivity index (χ1) is 13.1. The Morgan fingerprint density at radius 3 is 2.96 bits per heavy atom. The van der Waals surface area contributed by atoms with Crippen molar-refractivity contribution in [3.05, 3.63) is 47.2 Å². The molecule has 4 rings (SSSR count). The van der Waals surface area contributed by atoms with Crippen LogP contribution >= 0.6 is 11.8 Å². The lowest BCUT2D eigenvalue weighted by molar-refractivity contribution is -0.129. The van der Waals surface area contributed by atoms with E-state index >= 15 is 0 Å². The minimum absolute atomic E-state index is 0.169. The van der Waals surface area contributed by atoms with Crippen molar-refractivity contribution >= 4 is 28.8 Å². The molecule has 0 saturated carbocycles. The van der Waals surface area contributed by atoms with E-state index in [4.69, 9.17) is 8.94 Å². The number of likely N-dealkylation sites (tertiary alicyclic amines) is 1. The molecule has 27 heavy (non-hydrogen) atoms. The summed E-state index contributed by atoms with van der Waals surface area (Å²) >= 11 is 1.61. The molecule has 2 aromatic heterocycles. The second-order valence-corrected chi connectivity index (χ2v) is 7.98. The largest absolute Gasteiger partial charge is 0.440 e. The Morgan fingerprint density at radius 1 is 1.33 bits per heavy atom. The summed E-state index contributed by atoms with van der Waals surface area (Å²) < 4.78 is 11.1. The van der Waals surface area contributed by atoms with E-state index in [2.05, 4.69) is 10.1 Å². The van der Waals surface area contributed by atoms with Crippen LogP contribution in [0.3, 0.4) is 0 Å². The van der Waals surface area contributed by atoms with Crippen molar-refractivity contribution in [2.45, 2.75) is 38.4 Å². The fourth-order valence-corrected chi connectivity index (χ4v) is 4.59. The molecule has 1 aliphatic rings. The molecule has 0 radical (unpaired) electrons. The number of nitrogens with zero attached hydrogens (tertiary/aromatic N) is 3. The zero-order valence-corrected chi connectivity index (χ0v) is 16.4. The van der Waals surface area contributed by atoms with Crippen LogP contribution in [0.2, 0.25) is 0 Å². The van der Waals surface area contributed by atoms with Gasteiger partial charge in [-0.25, -0.2) is 4.98 Å². The molecule has 1 atom stereocenters. The molecule has 1 unspecified atom stereocenters. The maximum absolute atomic E-state index is 12.7. The number of para-hydroxylation sites is 2. The number of piperidine rings is 1. The molecule has 142 valence electrons. The molecule has 0 spiro atoms. The van der Waals surface area contributed by atoms with Crippen molar-refractivity contribution in [2.24, 2.45) is 0 Å². The number of hydrogen-bond donors (Lipinski definition) is 0. The average Bonchev–Trinajstić information content (AvgIpc) is 3.26. The Bertz CT molecular complexity index is 897. The van der Waals surface area contributed by atoms with E-state index in [9.17, 15) is 4.79 Å². The number of aromatic nitrogens is 2. The van der Waals surface area contributed by atoms with Gasteiger partial charge in [0.15, 0.2) is 11.5 Å². The molecule has 3 aromatic rings. The average molecular weight is 385 g/mol. The van der Waals surface area contributed by atoms with E-state index in [0.717, 1.165) is 59.1 Å². The van der Waals surface area contributed by atoms with Crippen molar-refractivity contribution in [3.63, 3.8) is 0 Å². The molecular weight excluding hydrogens is 362 g/mol. The molecule has 1 saturated heterocycles. The van der Waals surface area contributed by atoms with Crippen LogP contribution in [0.4, 0.5) is 0 Å². The van der Waals surface area contributed by atoms with Crippen molar-refractivity contribution < 1.29 is 13.7 Å². The van der Waals surface area contributed by atoms with E-state index in [1.807, 2.05) is 43.0 Å². The summed E-state index contributed by atoms with van der Waals surface area (Å²) in [5, 5.41) is 3.96. The van der Waals surface area contributed by atoms with Crippen LogP contribution in [0.25, 0.3) is 11.1 Å². The first-order valence-corrected chi connectivity index (χ1v) is 10.4. The molecule has 0 bridgehead atoms. The fraction of sp³-hybridized carbons (Fsp3) is 0.450. The van der Waals surface area contributed by atoms with Crippen LogP contribution in [0.5, 0.6) is 0 Å². The smallest absolute Gasteiger partial charge is 0.232 e. The summed E-state index contributed by atoms with van der Waals surface area (Å²) in [4.78, 5) is 19.2. The summed E-state index contributed by atoms with van der Waals surface area (Å²) in [6, 6.07) is 7.80. The zero-order chi connectivity index (χ0) is 18.8. The summed E-state index contributed by atoms with van der Waals surface area (Å²) in [6.07, 6.45) is 1.98. The topological polar surface area (TPSA) is 72.4 Å². The quantitative estimate of drug-likeness (QED) is 0.659. The second-order valence-electron chi connectivity index (χ2n) is 6.99. The lowest BCUT2D eigenvalue weighted by atomic mass is 9.98. The van der Waals surface area contributed by atoms with Gasteiger partial charge in [0.1, 0.15) is 11.3 Å². The number of rotatable bonds is 5. The molecule has 0 N–H and O–H groups in total. The summed E-state index contributed by atoms with van der Waals surface area (Å²) in [5.74, 6) is 3.13. The third kappa shape index (κ3) is 3.88. The van der Waals surface area contributed by atoms with Gasteiger partial charge in [-0.1, -0.05) is 17.3 Å². The molecular formula is C20H23N3O3S. The van der Waals surface area contributed by atoms with Gasteiger partial charge >= 0.3 is 0 Å². The van der Waals surface area contributed by atoms with E-state index in [-0.39, 0.29) is 11.8 Å². The summed E-state index contributed by atoms with van der Waals surface area (Å²) in [6.45, 7) is 5.33. The van der Waals surface area contributed by atoms with Gasteiger partial charge in [0.25, 0.3) is 0 Å². The fourth-order valence-electron chi connectivity index (χ4n) is 3.51. The van der Waals surface area contributed by atoms with Crippen LogP contribution in [-0.4, -0.2) is 39.8 Å². The minimum atomic E-state index is 0.169. The van der Waals surface area contributed by atoms with Gasteiger partial charge in [0.05, 0.1) is 17.4 Å².